The van der Waals surface area contributed by atoms with Crippen molar-refractivity contribution in [2.24, 2.45) is 0 Å². The molecule has 1 aromatic carbocycles. The molecule has 0 unspecified atom stereocenters. The van der Waals surface area contributed by atoms with Gasteiger partial charge in [-0.15, -0.1) is 0 Å². The van der Waals surface area contributed by atoms with E-state index in [0.717, 1.165) is 18.4 Å². The molecule has 0 spiro atoms. The van der Waals surface area contributed by atoms with Gasteiger partial charge in [0.2, 0.25) is 0 Å². The van der Waals surface area contributed by atoms with Gasteiger partial charge in [-0.05, 0) is 12.0 Å². The van der Waals surface area contributed by atoms with Gasteiger partial charge in [-0.2, -0.15) is 5.48 Å². The highest BCUT2D eigenvalue weighted by molar-refractivity contribution is 5.88. The number of unbranched alkanes of at least 4 members (excludes halogenated alkanes) is 1. The fourth-order valence-electron chi connectivity index (χ4n) is 1.51. The maximum absolute atomic E-state index is 11.5. The van der Waals surface area contributed by atoms with Crippen LogP contribution in [0.15, 0.2) is 42.0 Å². The number of rotatable bonds is 8. The third-order valence-corrected chi connectivity index (χ3v) is 2.57. The van der Waals surface area contributed by atoms with E-state index < -0.39 is 0 Å². The van der Waals surface area contributed by atoms with Crippen LogP contribution in [0.3, 0.4) is 0 Å². The van der Waals surface area contributed by atoms with E-state index in [1.165, 1.54) is 7.11 Å². The molecular weight excluding hydrogens is 242 g/mol. The zero-order valence-corrected chi connectivity index (χ0v) is 11.5. The van der Waals surface area contributed by atoms with Gasteiger partial charge in [0, 0.05) is 5.57 Å². The van der Waals surface area contributed by atoms with Gasteiger partial charge in [0.1, 0.15) is 0 Å². The van der Waals surface area contributed by atoms with Gasteiger partial charge in [-0.1, -0.05) is 49.8 Å². The van der Waals surface area contributed by atoms with Crippen molar-refractivity contribution in [1.29, 1.82) is 0 Å². The van der Waals surface area contributed by atoms with Crippen LogP contribution >= 0.6 is 0 Å². The van der Waals surface area contributed by atoms with Crippen molar-refractivity contribution in [1.82, 2.24) is 5.48 Å². The summed E-state index contributed by atoms with van der Waals surface area (Å²) in [6.45, 7) is 2.87. The number of ether oxygens (including phenoxy) is 1. The average molecular weight is 263 g/mol. The second-order valence-electron chi connectivity index (χ2n) is 4.11. The molecule has 0 aromatic heterocycles. The average Bonchev–Trinajstić information content (AvgIpc) is 2.47. The summed E-state index contributed by atoms with van der Waals surface area (Å²) in [4.78, 5) is 16.8. The predicted octanol–water partition coefficient (Wildman–Crippen LogP) is 2.61. The van der Waals surface area contributed by atoms with E-state index in [4.69, 9.17) is 9.57 Å². The predicted molar refractivity (Wildman–Crippen MR) is 74.2 cm³/mol. The third-order valence-electron chi connectivity index (χ3n) is 2.57. The molecule has 1 aromatic rings. The van der Waals surface area contributed by atoms with Crippen LogP contribution < -0.4 is 5.48 Å². The Morgan fingerprint density at radius 1 is 1.32 bits per heavy atom. The number of hydrogen-bond donors (Lipinski definition) is 1. The minimum Gasteiger partial charge on any atom is -0.466 e. The number of allylic oxidation sites excluding steroid dienone is 1. The monoisotopic (exact) mass is 263 g/mol. The molecule has 0 aliphatic carbocycles. The van der Waals surface area contributed by atoms with Crippen molar-refractivity contribution in [2.75, 3.05) is 13.7 Å². The van der Waals surface area contributed by atoms with E-state index in [2.05, 4.69) is 12.4 Å². The molecule has 1 rings (SSSR count). The third kappa shape index (κ3) is 6.18. The van der Waals surface area contributed by atoms with Gasteiger partial charge in [0.25, 0.3) is 0 Å². The van der Waals surface area contributed by atoms with Gasteiger partial charge in [0.15, 0.2) is 0 Å². The van der Waals surface area contributed by atoms with Crippen LogP contribution in [-0.4, -0.2) is 19.6 Å². The molecule has 0 saturated heterocycles. The number of nitrogens with one attached hydrogen (secondary N) is 1. The van der Waals surface area contributed by atoms with Crippen LogP contribution in [-0.2, 0) is 21.0 Å². The minimum absolute atomic E-state index is 0.315. The highest BCUT2D eigenvalue weighted by atomic mass is 16.6. The van der Waals surface area contributed by atoms with Crippen LogP contribution in [0.1, 0.15) is 25.3 Å². The molecular formula is C15H21NO3. The Hall–Kier alpha value is -1.65. The number of hydroxylamine groups is 1. The zero-order chi connectivity index (χ0) is 13.9. The van der Waals surface area contributed by atoms with E-state index >= 15 is 0 Å². The van der Waals surface area contributed by atoms with Gasteiger partial charge in [-0.25, -0.2) is 4.79 Å². The topological polar surface area (TPSA) is 47.6 Å². The Labute approximate surface area is 114 Å². The van der Waals surface area contributed by atoms with Crippen molar-refractivity contribution in [3.8, 4) is 0 Å². The molecule has 0 heterocycles. The number of methoxy groups -OCH3 is 1. The van der Waals surface area contributed by atoms with E-state index in [0.29, 0.717) is 18.7 Å². The van der Waals surface area contributed by atoms with E-state index in [1.54, 1.807) is 0 Å². The molecule has 0 atom stereocenters. The number of carbonyl (C=O) groups is 1. The first-order valence-corrected chi connectivity index (χ1v) is 6.43. The number of carbonyl (C=O) groups excluding carboxylic acids is 1. The second kappa shape index (κ2) is 9.30. The van der Waals surface area contributed by atoms with Gasteiger partial charge in [-0.3, -0.25) is 4.84 Å². The lowest BCUT2D eigenvalue weighted by molar-refractivity contribution is -0.136. The molecule has 0 amide bonds. The van der Waals surface area contributed by atoms with Crippen molar-refractivity contribution < 1.29 is 14.4 Å². The molecule has 4 nitrogen and oxygen atoms in total. The highest BCUT2D eigenvalue weighted by Gasteiger charge is 2.08. The van der Waals surface area contributed by atoms with Crippen molar-refractivity contribution >= 4 is 5.97 Å². The molecule has 19 heavy (non-hydrogen) atoms. The Morgan fingerprint density at radius 2 is 2.05 bits per heavy atom. The van der Waals surface area contributed by atoms with Crippen molar-refractivity contribution in [3.05, 3.63) is 47.5 Å². The molecule has 104 valence electrons. The molecule has 1 N–H and O–H groups in total. The quantitative estimate of drug-likeness (QED) is 0.339. The van der Waals surface area contributed by atoms with Crippen LogP contribution in [0, 0.1) is 0 Å². The summed E-state index contributed by atoms with van der Waals surface area (Å²) in [5, 5.41) is 0. The van der Waals surface area contributed by atoms with E-state index in [-0.39, 0.29) is 5.97 Å². The Morgan fingerprint density at radius 3 is 2.68 bits per heavy atom. The van der Waals surface area contributed by atoms with Crippen LogP contribution in [0.4, 0.5) is 0 Å². The first kappa shape index (κ1) is 15.4. The molecule has 4 heteroatoms. The Kier molecular flexibility index (Phi) is 7.54. The largest absolute Gasteiger partial charge is 0.466 e. The molecule has 0 aliphatic heterocycles. The molecule has 0 bridgehead atoms. The lowest BCUT2D eigenvalue weighted by atomic mass is 10.2. The molecule has 0 fully saturated rings. The summed E-state index contributed by atoms with van der Waals surface area (Å²) in [5.74, 6) is -0.315. The molecule has 0 saturated carbocycles. The van der Waals surface area contributed by atoms with E-state index in [9.17, 15) is 4.79 Å². The maximum Gasteiger partial charge on any atom is 0.334 e. The molecule has 0 radical (unpaired) electrons. The summed E-state index contributed by atoms with van der Waals surface area (Å²) in [6, 6.07) is 9.84. The summed E-state index contributed by atoms with van der Waals surface area (Å²) in [5.41, 5.74) is 4.46. The SMILES string of the molecule is CCCC=C(CNOCc1ccccc1)C(=O)OC. The number of esters is 1. The lowest BCUT2D eigenvalue weighted by Gasteiger charge is -2.08. The Bertz CT molecular complexity index is 401. The normalized spacial score (nSPS) is 11.4. The van der Waals surface area contributed by atoms with Crippen LogP contribution in [0.5, 0.6) is 0 Å². The number of hydrogen-bond acceptors (Lipinski definition) is 4. The van der Waals surface area contributed by atoms with Crippen LogP contribution in [0.2, 0.25) is 0 Å². The standard InChI is InChI=1S/C15H21NO3/c1-3-4-10-14(15(17)18-2)11-16-19-12-13-8-6-5-7-9-13/h5-10,16H,3-4,11-12H2,1-2H3. The fourth-order valence-corrected chi connectivity index (χ4v) is 1.51. The summed E-state index contributed by atoms with van der Waals surface area (Å²) in [6.07, 6.45) is 3.72. The van der Waals surface area contributed by atoms with Crippen LogP contribution in [0.25, 0.3) is 0 Å². The second-order valence-corrected chi connectivity index (χ2v) is 4.11. The molecule has 0 aliphatic rings. The van der Waals surface area contributed by atoms with Gasteiger partial charge < -0.3 is 4.74 Å². The van der Waals surface area contributed by atoms with Crippen molar-refractivity contribution in [2.45, 2.75) is 26.4 Å². The summed E-state index contributed by atoms with van der Waals surface area (Å²) in [7, 11) is 1.38. The first-order valence-electron chi connectivity index (χ1n) is 6.43. The fraction of sp³-hybridized carbons (Fsp3) is 0.400. The van der Waals surface area contributed by atoms with Crippen molar-refractivity contribution in [3.63, 3.8) is 0 Å². The zero-order valence-electron chi connectivity index (χ0n) is 11.5. The summed E-state index contributed by atoms with van der Waals surface area (Å²) >= 11 is 0. The lowest BCUT2D eigenvalue weighted by Crippen LogP contribution is -2.22. The summed E-state index contributed by atoms with van der Waals surface area (Å²) < 4.78 is 4.72. The first-order chi connectivity index (χ1) is 9.27. The maximum atomic E-state index is 11.5. The highest BCUT2D eigenvalue weighted by Crippen LogP contribution is 2.02. The van der Waals surface area contributed by atoms with Gasteiger partial charge >= 0.3 is 5.97 Å². The van der Waals surface area contributed by atoms with Gasteiger partial charge in [0.05, 0.1) is 20.3 Å². The number of benzene rings is 1. The Balaban J connectivity index is 2.34. The smallest absolute Gasteiger partial charge is 0.334 e. The van der Waals surface area contributed by atoms with E-state index in [1.807, 2.05) is 36.4 Å². The minimum atomic E-state index is -0.315.